The normalized spacial score (nSPS) is 12.6. The van der Waals surface area contributed by atoms with E-state index in [1.807, 2.05) is 31.2 Å². The van der Waals surface area contributed by atoms with Crippen LogP contribution in [-0.2, 0) is 5.75 Å². The van der Waals surface area contributed by atoms with Crippen LogP contribution >= 0.6 is 11.8 Å². The van der Waals surface area contributed by atoms with E-state index >= 15 is 0 Å². The Labute approximate surface area is 111 Å². The topological polar surface area (TPSA) is 64.9 Å². The quantitative estimate of drug-likeness (QED) is 0.898. The van der Waals surface area contributed by atoms with Gasteiger partial charge in [-0.05, 0) is 19.1 Å². The molecule has 1 unspecified atom stereocenters. The second kappa shape index (κ2) is 6.02. The highest BCUT2D eigenvalue weighted by Crippen LogP contribution is 2.21. The Morgan fingerprint density at radius 1 is 1.39 bits per heavy atom. The minimum absolute atomic E-state index is 0.402. The molecule has 0 aliphatic carbocycles. The maximum Gasteiger partial charge on any atom is 0.247 e. The number of hydrogen-bond donors (Lipinski definition) is 1. The van der Waals surface area contributed by atoms with Crippen LogP contribution in [0.2, 0.25) is 0 Å². The molecule has 1 aromatic carbocycles. The third-order valence-electron chi connectivity index (χ3n) is 2.56. The summed E-state index contributed by atoms with van der Waals surface area (Å²) in [5.74, 6) is 1.93. The molecular formula is C13H17N3OS. The van der Waals surface area contributed by atoms with Gasteiger partial charge in [-0.15, -0.1) is 22.0 Å². The monoisotopic (exact) mass is 263 g/mol. The summed E-state index contributed by atoms with van der Waals surface area (Å²) in [6.07, 6.45) is 0. The summed E-state index contributed by atoms with van der Waals surface area (Å²) >= 11 is 1.72. The summed E-state index contributed by atoms with van der Waals surface area (Å²) in [5.41, 5.74) is 7.70. The lowest BCUT2D eigenvalue weighted by Gasteiger charge is -2.04. The van der Waals surface area contributed by atoms with Crippen molar-refractivity contribution >= 4 is 11.8 Å². The van der Waals surface area contributed by atoms with Crippen LogP contribution in [0.3, 0.4) is 0 Å². The van der Waals surface area contributed by atoms with E-state index in [0.717, 1.165) is 5.56 Å². The van der Waals surface area contributed by atoms with E-state index < -0.39 is 0 Å². The maximum absolute atomic E-state index is 5.64. The minimum Gasteiger partial charge on any atom is -0.420 e. The van der Waals surface area contributed by atoms with Gasteiger partial charge in [-0.1, -0.05) is 24.6 Å². The molecule has 2 N–H and O–H groups in total. The molecule has 0 aliphatic heterocycles. The van der Waals surface area contributed by atoms with Gasteiger partial charge in [0.25, 0.3) is 0 Å². The molecule has 0 saturated heterocycles. The summed E-state index contributed by atoms with van der Waals surface area (Å²) < 4.78 is 5.64. The van der Waals surface area contributed by atoms with Gasteiger partial charge in [0.05, 0.1) is 5.75 Å². The number of hydrogen-bond acceptors (Lipinski definition) is 5. The number of nitrogens with two attached hydrogens (primary N) is 1. The number of thioether (sulfide) groups is 1. The summed E-state index contributed by atoms with van der Waals surface area (Å²) in [4.78, 5) is 0. The zero-order valence-electron chi connectivity index (χ0n) is 10.6. The molecule has 1 aromatic heterocycles. The second-order valence-electron chi connectivity index (χ2n) is 4.23. The molecule has 0 aliphatic rings. The van der Waals surface area contributed by atoms with E-state index in [2.05, 4.69) is 17.1 Å². The van der Waals surface area contributed by atoms with Gasteiger partial charge in [0.15, 0.2) is 0 Å². The molecule has 0 bridgehead atoms. The number of aryl methyl sites for hydroxylation is 1. The summed E-state index contributed by atoms with van der Waals surface area (Å²) in [6.45, 7) is 4.78. The first-order valence-corrected chi connectivity index (χ1v) is 6.95. The van der Waals surface area contributed by atoms with Crippen molar-refractivity contribution in [1.82, 2.24) is 10.2 Å². The molecule has 96 valence electrons. The van der Waals surface area contributed by atoms with Crippen LogP contribution in [0, 0.1) is 6.92 Å². The Kier molecular flexibility index (Phi) is 4.38. The standard InChI is InChI=1S/C13H17N3OS/c1-9-4-3-5-11(6-9)13-16-15-12(17-13)8-18-10(2)7-14/h3-6,10H,7-8,14H2,1-2H3. The fourth-order valence-corrected chi connectivity index (χ4v) is 2.17. The molecule has 0 spiro atoms. The molecule has 0 amide bonds. The number of nitrogens with zero attached hydrogens (tertiary/aromatic N) is 2. The van der Waals surface area contributed by atoms with Crippen LogP contribution in [0.4, 0.5) is 0 Å². The Hall–Kier alpha value is -1.33. The van der Waals surface area contributed by atoms with Crippen LogP contribution in [0.1, 0.15) is 18.4 Å². The molecule has 1 heterocycles. The van der Waals surface area contributed by atoms with Crippen LogP contribution in [0.15, 0.2) is 28.7 Å². The van der Waals surface area contributed by atoms with Crippen LogP contribution in [-0.4, -0.2) is 22.0 Å². The first-order valence-electron chi connectivity index (χ1n) is 5.90. The van der Waals surface area contributed by atoms with Crippen LogP contribution < -0.4 is 5.73 Å². The van der Waals surface area contributed by atoms with Crippen molar-refractivity contribution in [3.05, 3.63) is 35.7 Å². The summed E-state index contributed by atoms with van der Waals surface area (Å²) in [6, 6.07) is 8.03. The van der Waals surface area contributed by atoms with Crippen molar-refractivity contribution in [2.24, 2.45) is 5.73 Å². The third-order valence-corrected chi connectivity index (χ3v) is 3.73. The molecule has 2 aromatic rings. The van der Waals surface area contributed by atoms with Crippen molar-refractivity contribution in [3.8, 4) is 11.5 Å². The average Bonchev–Trinajstić information content (AvgIpc) is 2.84. The van der Waals surface area contributed by atoms with E-state index in [1.54, 1.807) is 11.8 Å². The predicted molar refractivity (Wildman–Crippen MR) is 74.3 cm³/mol. The molecule has 18 heavy (non-hydrogen) atoms. The van der Waals surface area contributed by atoms with Gasteiger partial charge in [-0.3, -0.25) is 0 Å². The SMILES string of the molecule is Cc1cccc(-c2nnc(CSC(C)CN)o2)c1. The molecule has 0 radical (unpaired) electrons. The van der Waals surface area contributed by atoms with Gasteiger partial charge in [-0.2, -0.15) is 0 Å². The highest BCUT2D eigenvalue weighted by Gasteiger charge is 2.09. The van der Waals surface area contributed by atoms with E-state index in [9.17, 15) is 0 Å². The van der Waals surface area contributed by atoms with Gasteiger partial charge < -0.3 is 10.2 Å². The fourth-order valence-electron chi connectivity index (χ4n) is 1.49. The maximum atomic E-state index is 5.64. The Balaban J connectivity index is 2.06. The molecule has 1 atom stereocenters. The van der Waals surface area contributed by atoms with Gasteiger partial charge in [0, 0.05) is 17.4 Å². The van der Waals surface area contributed by atoms with E-state index in [0.29, 0.717) is 29.3 Å². The Morgan fingerprint density at radius 2 is 2.22 bits per heavy atom. The molecule has 0 saturated carbocycles. The fraction of sp³-hybridized carbons (Fsp3) is 0.385. The smallest absolute Gasteiger partial charge is 0.247 e. The number of rotatable bonds is 5. The third kappa shape index (κ3) is 3.34. The summed E-state index contributed by atoms with van der Waals surface area (Å²) in [5, 5.41) is 8.52. The number of aromatic nitrogens is 2. The van der Waals surface area contributed by atoms with Gasteiger partial charge in [-0.25, -0.2) is 0 Å². The lowest BCUT2D eigenvalue weighted by atomic mass is 10.1. The van der Waals surface area contributed by atoms with Gasteiger partial charge >= 0.3 is 0 Å². The van der Waals surface area contributed by atoms with Crippen LogP contribution in [0.25, 0.3) is 11.5 Å². The minimum atomic E-state index is 0.402. The first-order chi connectivity index (χ1) is 8.69. The largest absolute Gasteiger partial charge is 0.420 e. The Bertz CT molecular complexity index is 512. The Morgan fingerprint density at radius 3 is 2.94 bits per heavy atom. The molecule has 4 nitrogen and oxygen atoms in total. The molecule has 0 fully saturated rings. The van der Waals surface area contributed by atoms with E-state index in [4.69, 9.17) is 10.2 Å². The lowest BCUT2D eigenvalue weighted by Crippen LogP contribution is -2.12. The van der Waals surface area contributed by atoms with Crippen molar-refractivity contribution in [2.75, 3.05) is 6.54 Å². The van der Waals surface area contributed by atoms with E-state index in [1.165, 1.54) is 5.56 Å². The zero-order valence-corrected chi connectivity index (χ0v) is 11.4. The highest BCUT2D eigenvalue weighted by molar-refractivity contribution is 7.99. The molecule has 5 heteroatoms. The first kappa shape index (κ1) is 13.1. The second-order valence-corrected chi connectivity index (χ2v) is 5.65. The van der Waals surface area contributed by atoms with Crippen LogP contribution in [0.5, 0.6) is 0 Å². The summed E-state index contributed by atoms with van der Waals surface area (Å²) in [7, 11) is 0. The lowest BCUT2D eigenvalue weighted by molar-refractivity contribution is 0.528. The average molecular weight is 263 g/mol. The van der Waals surface area contributed by atoms with E-state index in [-0.39, 0.29) is 0 Å². The van der Waals surface area contributed by atoms with Crippen molar-refractivity contribution in [2.45, 2.75) is 24.9 Å². The van der Waals surface area contributed by atoms with Crippen molar-refractivity contribution in [3.63, 3.8) is 0 Å². The molecular weight excluding hydrogens is 246 g/mol. The molecule has 2 rings (SSSR count). The van der Waals surface area contributed by atoms with Gasteiger partial charge in [0.2, 0.25) is 11.8 Å². The zero-order chi connectivity index (χ0) is 13.0. The highest BCUT2D eigenvalue weighted by atomic mass is 32.2. The number of benzene rings is 1. The van der Waals surface area contributed by atoms with Gasteiger partial charge in [0.1, 0.15) is 0 Å². The predicted octanol–water partition coefficient (Wildman–Crippen LogP) is 2.63. The van der Waals surface area contributed by atoms with Crippen molar-refractivity contribution in [1.29, 1.82) is 0 Å². The van der Waals surface area contributed by atoms with Crippen molar-refractivity contribution < 1.29 is 4.42 Å².